The van der Waals surface area contributed by atoms with Crippen molar-refractivity contribution < 1.29 is 9.47 Å². The van der Waals surface area contributed by atoms with Crippen LogP contribution in [0.2, 0.25) is 0 Å². The third-order valence-corrected chi connectivity index (χ3v) is 4.99. The van der Waals surface area contributed by atoms with E-state index in [2.05, 4.69) is 31.7 Å². The number of benzene rings is 2. The van der Waals surface area contributed by atoms with E-state index in [-0.39, 0.29) is 19.6 Å². The number of H-pyrrole nitrogens is 1. The van der Waals surface area contributed by atoms with Crippen molar-refractivity contribution in [1.82, 2.24) is 20.3 Å². The number of aryl methyl sites for hydroxylation is 1. The van der Waals surface area contributed by atoms with Gasteiger partial charge in [-0.05, 0) is 56.3 Å². The maximum atomic E-state index is 6.02. The van der Waals surface area contributed by atoms with Crippen LogP contribution < -0.4 is 20.1 Å². The van der Waals surface area contributed by atoms with Gasteiger partial charge < -0.3 is 25.1 Å². The summed E-state index contributed by atoms with van der Waals surface area (Å²) in [7, 11) is 0. The summed E-state index contributed by atoms with van der Waals surface area (Å²) in [5, 5.41) is 7.64. The fraction of sp³-hybridized carbons (Fsp3) is 0.217. The second-order valence-corrected chi connectivity index (χ2v) is 7.41. The third kappa shape index (κ3) is 5.10. The molecule has 4 aromatic rings. The molecule has 0 radical (unpaired) electrons. The van der Waals surface area contributed by atoms with Gasteiger partial charge in [0.2, 0.25) is 11.8 Å². The van der Waals surface area contributed by atoms with Gasteiger partial charge in [0.1, 0.15) is 17.6 Å². The van der Waals surface area contributed by atoms with Crippen LogP contribution >= 0.6 is 13.5 Å². The van der Waals surface area contributed by atoms with Crippen molar-refractivity contribution in [3.63, 3.8) is 0 Å². The summed E-state index contributed by atoms with van der Waals surface area (Å²) in [6.07, 6.45) is 2.91. The minimum absolute atomic E-state index is 0. The number of ether oxygens (including phenoxy) is 2. The van der Waals surface area contributed by atoms with Gasteiger partial charge in [0.05, 0.1) is 0 Å². The summed E-state index contributed by atoms with van der Waals surface area (Å²) in [6.45, 7) is 3.92. The Kier molecular flexibility index (Phi) is 6.29. The van der Waals surface area contributed by atoms with E-state index in [9.17, 15) is 0 Å². The largest absolute Gasteiger partial charge is 0.489 e. The predicted octanol–water partition coefficient (Wildman–Crippen LogP) is 4.66. The second-order valence-electron chi connectivity index (χ2n) is 7.41. The van der Waals surface area contributed by atoms with Crippen LogP contribution in [0, 0.1) is 6.92 Å². The topological polar surface area (TPSA) is 84.1 Å². The van der Waals surface area contributed by atoms with Crippen LogP contribution in [0.4, 0.5) is 11.6 Å². The first kappa shape index (κ1) is 21.0. The lowest BCUT2D eigenvalue weighted by molar-refractivity contribution is 0.223. The molecule has 0 saturated carbocycles. The molecular weight excluding hydrogens is 410 g/mol. The highest BCUT2D eigenvalue weighted by Gasteiger charge is 2.16. The van der Waals surface area contributed by atoms with E-state index in [1.807, 2.05) is 49.4 Å². The predicted molar refractivity (Wildman–Crippen MR) is 127 cm³/mol. The van der Waals surface area contributed by atoms with Crippen molar-refractivity contribution >= 4 is 36.0 Å². The van der Waals surface area contributed by atoms with Crippen molar-refractivity contribution in [2.45, 2.75) is 19.4 Å². The quantitative estimate of drug-likeness (QED) is 0.409. The molecule has 8 heteroatoms. The Bertz CT molecular complexity index is 1170. The first-order valence-corrected chi connectivity index (χ1v) is 10.1. The Morgan fingerprint density at radius 1 is 1.06 bits per heavy atom. The molecule has 0 aliphatic carbocycles. The Balaban J connectivity index is 0.00000231. The molecule has 160 valence electrons. The first-order chi connectivity index (χ1) is 14.7. The van der Waals surface area contributed by atoms with Gasteiger partial charge in [-0.25, -0.2) is 4.98 Å². The molecule has 3 N–H and O–H groups in total. The van der Waals surface area contributed by atoms with Gasteiger partial charge in [0, 0.05) is 47.2 Å². The van der Waals surface area contributed by atoms with Gasteiger partial charge in [-0.15, -0.1) is 0 Å². The van der Waals surface area contributed by atoms with E-state index in [0.29, 0.717) is 11.8 Å². The molecule has 31 heavy (non-hydrogen) atoms. The number of nitrogens with zero attached hydrogens (tertiary/aromatic N) is 2. The van der Waals surface area contributed by atoms with Crippen LogP contribution in [-0.2, 0) is 0 Å². The van der Waals surface area contributed by atoms with Crippen LogP contribution in [0.25, 0.3) is 10.9 Å². The molecular formula is C23H25N5O2S. The lowest BCUT2D eigenvalue weighted by atomic mass is 10.2. The average Bonchev–Trinajstić information content (AvgIpc) is 3.37. The summed E-state index contributed by atoms with van der Waals surface area (Å²) < 4.78 is 12.0. The third-order valence-electron chi connectivity index (χ3n) is 4.99. The van der Waals surface area contributed by atoms with E-state index in [1.54, 1.807) is 12.3 Å². The zero-order chi connectivity index (χ0) is 20.3. The molecule has 0 unspecified atom stereocenters. The standard InChI is InChI=1S/C23H23N5O2.H2S/c1-15-11-16-12-19(5-6-21(16)26-15)30-22-8-10-25-23(28-22)27-17-3-2-4-18(13-17)29-20-7-9-24-14-20;/h2-6,8,10-13,20,24,26H,7,9,14H2,1H3,(H,25,27,28);1H2/t20-;/m0./s1. The van der Waals surface area contributed by atoms with Crippen molar-refractivity contribution in [2.24, 2.45) is 0 Å². The molecule has 0 bridgehead atoms. The Morgan fingerprint density at radius 3 is 2.87 bits per heavy atom. The van der Waals surface area contributed by atoms with E-state index in [4.69, 9.17) is 9.47 Å². The fourth-order valence-electron chi connectivity index (χ4n) is 3.60. The maximum Gasteiger partial charge on any atom is 0.230 e. The Hall–Kier alpha value is -3.23. The summed E-state index contributed by atoms with van der Waals surface area (Å²) in [4.78, 5) is 12.1. The smallest absolute Gasteiger partial charge is 0.230 e. The lowest BCUT2D eigenvalue weighted by Crippen LogP contribution is -2.19. The molecule has 2 aromatic carbocycles. The Morgan fingerprint density at radius 2 is 2.00 bits per heavy atom. The van der Waals surface area contributed by atoms with Crippen LogP contribution in [0.3, 0.4) is 0 Å². The van der Waals surface area contributed by atoms with Gasteiger partial charge in [0.15, 0.2) is 0 Å². The van der Waals surface area contributed by atoms with Crippen LogP contribution in [0.15, 0.2) is 60.8 Å². The number of nitrogens with one attached hydrogen (secondary N) is 3. The molecule has 1 atom stereocenters. The van der Waals surface area contributed by atoms with Gasteiger partial charge in [-0.3, -0.25) is 0 Å². The zero-order valence-corrected chi connectivity index (χ0v) is 18.2. The van der Waals surface area contributed by atoms with E-state index in [0.717, 1.165) is 53.3 Å². The number of fused-ring (bicyclic) bond motifs is 1. The molecule has 1 fully saturated rings. The Labute approximate surface area is 187 Å². The molecule has 1 saturated heterocycles. The molecule has 0 spiro atoms. The van der Waals surface area contributed by atoms with Gasteiger partial charge >= 0.3 is 0 Å². The summed E-state index contributed by atoms with van der Waals surface area (Å²) >= 11 is 0. The summed E-state index contributed by atoms with van der Waals surface area (Å²) in [5.41, 5.74) is 3.06. The summed E-state index contributed by atoms with van der Waals surface area (Å²) in [5.74, 6) is 2.50. The van der Waals surface area contributed by atoms with Gasteiger partial charge in [-0.1, -0.05) is 6.07 Å². The minimum atomic E-state index is 0. The number of anilines is 2. The minimum Gasteiger partial charge on any atom is -0.489 e. The summed E-state index contributed by atoms with van der Waals surface area (Å²) in [6, 6.07) is 17.6. The number of hydrogen-bond acceptors (Lipinski definition) is 6. The van der Waals surface area contributed by atoms with Crippen LogP contribution in [0.1, 0.15) is 12.1 Å². The van der Waals surface area contributed by atoms with Gasteiger partial charge in [0.25, 0.3) is 0 Å². The zero-order valence-electron chi connectivity index (χ0n) is 17.2. The number of rotatable bonds is 6. The highest BCUT2D eigenvalue weighted by atomic mass is 32.1. The van der Waals surface area contributed by atoms with Crippen molar-refractivity contribution in [3.05, 3.63) is 66.5 Å². The molecule has 1 aliphatic heterocycles. The maximum absolute atomic E-state index is 6.02. The average molecular weight is 436 g/mol. The fourth-order valence-corrected chi connectivity index (χ4v) is 3.60. The second kappa shape index (κ2) is 9.28. The lowest BCUT2D eigenvalue weighted by Gasteiger charge is -2.13. The van der Waals surface area contributed by atoms with Crippen molar-refractivity contribution in [3.8, 4) is 17.4 Å². The van der Waals surface area contributed by atoms with Gasteiger partial charge in [-0.2, -0.15) is 18.5 Å². The van der Waals surface area contributed by atoms with E-state index < -0.39 is 0 Å². The number of aromatic amines is 1. The van der Waals surface area contributed by atoms with Crippen molar-refractivity contribution in [1.29, 1.82) is 0 Å². The highest BCUT2D eigenvalue weighted by molar-refractivity contribution is 7.59. The highest BCUT2D eigenvalue weighted by Crippen LogP contribution is 2.26. The molecule has 1 aliphatic rings. The molecule has 3 heterocycles. The molecule has 5 rings (SSSR count). The first-order valence-electron chi connectivity index (χ1n) is 10.1. The SMILES string of the molecule is Cc1cc2cc(Oc3ccnc(Nc4cccc(O[C@H]5CCNC5)c4)n3)ccc2[nH]1.S. The van der Waals surface area contributed by atoms with E-state index in [1.165, 1.54) is 0 Å². The van der Waals surface area contributed by atoms with Crippen molar-refractivity contribution in [2.75, 3.05) is 18.4 Å². The van der Waals surface area contributed by atoms with Crippen LogP contribution in [0.5, 0.6) is 17.4 Å². The van der Waals surface area contributed by atoms with Crippen LogP contribution in [-0.4, -0.2) is 34.1 Å². The monoisotopic (exact) mass is 435 g/mol. The number of aromatic nitrogens is 3. The normalized spacial score (nSPS) is 15.5. The number of hydrogen-bond donors (Lipinski definition) is 3. The molecule has 2 aromatic heterocycles. The molecule has 0 amide bonds. The molecule has 7 nitrogen and oxygen atoms in total. The van der Waals surface area contributed by atoms with E-state index >= 15 is 0 Å².